The SMILES string of the molecule is CN(CCO)c1ccc(C=NNc2nc(-c3ccccc3)cs2)cc1. The molecular formula is C19H20N4OS. The van der Waals surface area contributed by atoms with Crippen LogP contribution in [0.4, 0.5) is 10.8 Å². The molecule has 25 heavy (non-hydrogen) atoms. The summed E-state index contributed by atoms with van der Waals surface area (Å²) in [4.78, 5) is 6.53. The second-order valence-electron chi connectivity index (χ2n) is 5.51. The van der Waals surface area contributed by atoms with Gasteiger partial charge >= 0.3 is 0 Å². The number of nitrogens with one attached hydrogen (secondary N) is 1. The van der Waals surface area contributed by atoms with Crippen LogP contribution in [0.2, 0.25) is 0 Å². The molecule has 3 aromatic rings. The third-order valence-corrected chi connectivity index (χ3v) is 4.46. The van der Waals surface area contributed by atoms with Crippen LogP contribution in [0, 0.1) is 0 Å². The van der Waals surface area contributed by atoms with Crippen LogP contribution in [-0.4, -0.2) is 36.5 Å². The number of aliphatic hydroxyl groups excluding tert-OH is 1. The minimum atomic E-state index is 0.141. The molecule has 0 amide bonds. The van der Waals surface area contributed by atoms with Crippen LogP contribution in [0.5, 0.6) is 0 Å². The molecule has 3 rings (SSSR count). The van der Waals surface area contributed by atoms with Gasteiger partial charge in [0.15, 0.2) is 0 Å². The minimum Gasteiger partial charge on any atom is -0.395 e. The Kier molecular flexibility index (Phi) is 5.77. The minimum absolute atomic E-state index is 0.141. The highest BCUT2D eigenvalue weighted by atomic mass is 32.1. The third kappa shape index (κ3) is 4.65. The Morgan fingerprint density at radius 3 is 2.64 bits per heavy atom. The van der Waals surface area contributed by atoms with E-state index in [0.717, 1.165) is 27.6 Å². The second-order valence-corrected chi connectivity index (χ2v) is 6.37. The second kappa shape index (κ2) is 8.41. The monoisotopic (exact) mass is 352 g/mol. The number of nitrogens with zero attached hydrogens (tertiary/aromatic N) is 3. The molecule has 0 bridgehead atoms. The molecule has 128 valence electrons. The molecule has 1 aromatic heterocycles. The summed E-state index contributed by atoms with van der Waals surface area (Å²) in [5, 5.41) is 16.0. The molecule has 0 aliphatic heterocycles. The van der Waals surface area contributed by atoms with Gasteiger partial charge in [-0.1, -0.05) is 42.5 Å². The molecule has 1 heterocycles. The number of rotatable bonds is 7. The lowest BCUT2D eigenvalue weighted by atomic mass is 10.2. The molecule has 0 unspecified atom stereocenters. The number of hydrogen-bond donors (Lipinski definition) is 2. The van der Waals surface area contributed by atoms with Crippen molar-refractivity contribution in [3.8, 4) is 11.3 Å². The van der Waals surface area contributed by atoms with Crippen molar-refractivity contribution >= 4 is 28.4 Å². The van der Waals surface area contributed by atoms with Crippen LogP contribution in [-0.2, 0) is 0 Å². The normalized spacial score (nSPS) is 11.0. The number of aliphatic hydroxyl groups is 1. The van der Waals surface area contributed by atoms with Gasteiger partial charge in [-0.3, -0.25) is 5.43 Å². The lowest BCUT2D eigenvalue weighted by Crippen LogP contribution is -2.20. The van der Waals surface area contributed by atoms with Crippen LogP contribution >= 0.6 is 11.3 Å². The van der Waals surface area contributed by atoms with Crippen molar-refractivity contribution in [2.75, 3.05) is 30.5 Å². The first kappa shape index (κ1) is 17.1. The van der Waals surface area contributed by atoms with Gasteiger partial charge in [-0.2, -0.15) is 5.10 Å². The summed E-state index contributed by atoms with van der Waals surface area (Å²) in [5.41, 5.74) is 7.07. The van der Waals surface area contributed by atoms with Gasteiger partial charge in [-0.25, -0.2) is 4.98 Å². The Morgan fingerprint density at radius 1 is 1.16 bits per heavy atom. The molecule has 2 aromatic carbocycles. The molecule has 0 aliphatic carbocycles. The lowest BCUT2D eigenvalue weighted by molar-refractivity contribution is 0.304. The number of benzene rings is 2. The van der Waals surface area contributed by atoms with Gasteiger partial charge in [0.2, 0.25) is 5.13 Å². The van der Waals surface area contributed by atoms with Gasteiger partial charge in [-0.15, -0.1) is 11.3 Å². The first-order valence-corrected chi connectivity index (χ1v) is 8.86. The fourth-order valence-corrected chi connectivity index (χ4v) is 2.99. The summed E-state index contributed by atoms with van der Waals surface area (Å²) in [7, 11) is 1.95. The Bertz CT molecular complexity index is 815. The van der Waals surface area contributed by atoms with Crippen LogP contribution < -0.4 is 10.3 Å². The molecule has 0 saturated carbocycles. The molecule has 0 fully saturated rings. The number of anilines is 2. The van der Waals surface area contributed by atoms with E-state index in [1.165, 1.54) is 11.3 Å². The van der Waals surface area contributed by atoms with Crippen molar-refractivity contribution in [2.45, 2.75) is 0 Å². The molecular weight excluding hydrogens is 332 g/mol. The molecule has 0 aliphatic rings. The molecule has 2 N–H and O–H groups in total. The van der Waals surface area contributed by atoms with Gasteiger partial charge < -0.3 is 10.0 Å². The molecule has 6 heteroatoms. The van der Waals surface area contributed by atoms with Gasteiger partial charge in [0.05, 0.1) is 18.5 Å². The van der Waals surface area contributed by atoms with E-state index in [9.17, 15) is 0 Å². The highest BCUT2D eigenvalue weighted by Crippen LogP contribution is 2.24. The average molecular weight is 352 g/mol. The van der Waals surface area contributed by atoms with Crippen molar-refractivity contribution in [2.24, 2.45) is 5.10 Å². The number of aromatic nitrogens is 1. The van der Waals surface area contributed by atoms with Gasteiger partial charge in [0, 0.05) is 30.2 Å². The van der Waals surface area contributed by atoms with Crippen molar-refractivity contribution in [1.82, 2.24) is 4.98 Å². The summed E-state index contributed by atoms with van der Waals surface area (Å²) in [6.07, 6.45) is 1.76. The average Bonchev–Trinajstić information content (AvgIpc) is 3.12. The summed E-state index contributed by atoms with van der Waals surface area (Å²) >= 11 is 1.53. The summed E-state index contributed by atoms with van der Waals surface area (Å²) in [6.45, 7) is 0.755. The summed E-state index contributed by atoms with van der Waals surface area (Å²) in [6, 6.07) is 18.1. The first-order chi connectivity index (χ1) is 12.3. The maximum Gasteiger partial charge on any atom is 0.203 e. The summed E-state index contributed by atoms with van der Waals surface area (Å²) < 4.78 is 0. The highest BCUT2D eigenvalue weighted by molar-refractivity contribution is 7.14. The number of thiazole rings is 1. The van der Waals surface area contributed by atoms with E-state index in [1.54, 1.807) is 6.21 Å². The summed E-state index contributed by atoms with van der Waals surface area (Å²) in [5.74, 6) is 0. The zero-order valence-electron chi connectivity index (χ0n) is 14.0. The molecule has 0 saturated heterocycles. The predicted molar refractivity (Wildman–Crippen MR) is 106 cm³/mol. The topological polar surface area (TPSA) is 60.8 Å². The fraction of sp³-hybridized carbons (Fsp3) is 0.158. The molecule has 5 nitrogen and oxygen atoms in total. The Labute approximate surface area is 151 Å². The van der Waals surface area contributed by atoms with E-state index in [-0.39, 0.29) is 6.61 Å². The van der Waals surface area contributed by atoms with Crippen LogP contribution in [0.3, 0.4) is 0 Å². The lowest BCUT2D eigenvalue weighted by Gasteiger charge is -2.17. The highest BCUT2D eigenvalue weighted by Gasteiger charge is 2.03. The molecule has 0 radical (unpaired) electrons. The Balaban J connectivity index is 1.59. The van der Waals surface area contributed by atoms with Crippen molar-refractivity contribution in [3.63, 3.8) is 0 Å². The Morgan fingerprint density at radius 2 is 1.92 bits per heavy atom. The Hall–Kier alpha value is -2.70. The van der Waals surface area contributed by atoms with Crippen molar-refractivity contribution in [1.29, 1.82) is 0 Å². The zero-order chi connectivity index (χ0) is 17.5. The molecule has 0 spiro atoms. The smallest absolute Gasteiger partial charge is 0.203 e. The van der Waals surface area contributed by atoms with E-state index < -0.39 is 0 Å². The standard InChI is InChI=1S/C19H20N4OS/c1-23(11-12-24)17-9-7-15(8-10-17)13-20-22-19-21-18(14-25-19)16-5-3-2-4-6-16/h2-10,13-14,24H,11-12H2,1H3,(H,21,22). The number of hydrazone groups is 1. The fourth-order valence-electron chi connectivity index (χ4n) is 2.32. The third-order valence-electron chi connectivity index (χ3n) is 3.72. The molecule has 0 atom stereocenters. The van der Waals surface area contributed by atoms with Gasteiger partial charge in [0.1, 0.15) is 0 Å². The largest absolute Gasteiger partial charge is 0.395 e. The zero-order valence-corrected chi connectivity index (χ0v) is 14.8. The number of hydrogen-bond acceptors (Lipinski definition) is 6. The van der Waals surface area contributed by atoms with E-state index in [0.29, 0.717) is 6.54 Å². The van der Waals surface area contributed by atoms with Crippen LogP contribution in [0.15, 0.2) is 65.1 Å². The maximum atomic E-state index is 8.98. The van der Waals surface area contributed by atoms with E-state index in [4.69, 9.17) is 5.11 Å². The maximum absolute atomic E-state index is 8.98. The van der Waals surface area contributed by atoms with Gasteiger partial charge in [-0.05, 0) is 17.7 Å². The van der Waals surface area contributed by atoms with Crippen LogP contribution in [0.25, 0.3) is 11.3 Å². The van der Waals surface area contributed by atoms with E-state index in [1.807, 2.05) is 71.9 Å². The van der Waals surface area contributed by atoms with Gasteiger partial charge in [0.25, 0.3) is 0 Å². The van der Waals surface area contributed by atoms with E-state index >= 15 is 0 Å². The predicted octanol–water partition coefficient (Wildman–Crippen LogP) is 3.68. The quantitative estimate of drug-likeness (QED) is 0.503. The van der Waals surface area contributed by atoms with Crippen LogP contribution in [0.1, 0.15) is 5.56 Å². The van der Waals surface area contributed by atoms with Crippen molar-refractivity contribution < 1.29 is 5.11 Å². The van der Waals surface area contributed by atoms with Crippen molar-refractivity contribution in [3.05, 3.63) is 65.5 Å². The number of likely N-dealkylation sites (N-methyl/N-ethyl adjacent to an activating group) is 1. The van der Waals surface area contributed by atoms with E-state index in [2.05, 4.69) is 15.5 Å². The first-order valence-electron chi connectivity index (χ1n) is 7.98.